The Balaban J connectivity index is 2.70. The Labute approximate surface area is 96.4 Å². The fourth-order valence-electron chi connectivity index (χ4n) is 1.40. The number of halogens is 1. The van der Waals surface area contributed by atoms with Crippen LogP contribution in [0.2, 0.25) is 5.02 Å². The van der Waals surface area contributed by atoms with Gasteiger partial charge in [-0.3, -0.25) is 4.79 Å². The fourth-order valence-corrected chi connectivity index (χ4v) is 2.89. The lowest BCUT2D eigenvalue weighted by atomic mass is 10.2. The molecule has 15 heavy (non-hydrogen) atoms. The van der Waals surface area contributed by atoms with Crippen molar-refractivity contribution in [2.24, 2.45) is 0 Å². The molecule has 0 aliphatic carbocycles. The molecule has 0 N–H and O–H groups in total. The van der Waals surface area contributed by atoms with E-state index >= 15 is 0 Å². The summed E-state index contributed by atoms with van der Waals surface area (Å²) in [5.74, 6) is 0.774. The van der Waals surface area contributed by atoms with E-state index in [1.807, 2.05) is 18.2 Å². The highest BCUT2D eigenvalue weighted by atomic mass is 35.5. The molecule has 0 bridgehead atoms. The van der Waals surface area contributed by atoms with Gasteiger partial charge in [0.05, 0.1) is 17.0 Å². The fraction of sp³-hybridized carbons (Fsp3) is 0.182. The third kappa shape index (κ3) is 1.73. The molecule has 0 amide bonds. The van der Waals surface area contributed by atoms with Gasteiger partial charge in [0.25, 0.3) is 0 Å². The third-order valence-corrected chi connectivity index (χ3v) is 3.91. The second-order valence-corrected chi connectivity index (χ2v) is 4.59. The number of hydrogen-bond donors (Lipinski definition) is 0. The molecule has 1 aromatic heterocycles. The van der Waals surface area contributed by atoms with Gasteiger partial charge in [-0.15, -0.1) is 11.3 Å². The molecule has 2 nitrogen and oxygen atoms in total. The Morgan fingerprint density at radius 3 is 2.80 bits per heavy atom. The maximum atomic E-state index is 11.3. The van der Waals surface area contributed by atoms with Crippen LogP contribution in [-0.2, 0) is 0 Å². The van der Waals surface area contributed by atoms with E-state index in [0.29, 0.717) is 9.90 Å². The van der Waals surface area contributed by atoms with Crippen LogP contribution in [0.1, 0.15) is 16.6 Å². The predicted octanol–water partition coefficient (Wildman–Crippen LogP) is 3.77. The molecule has 0 spiro atoms. The highest BCUT2D eigenvalue weighted by Gasteiger charge is 2.13. The zero-order valence-corrected chi connectivity index (χ0v) is 9.91. The van der Waals surface area contributed by atoms with Gasteiger partial charge in [-0.2, -0.15) is 0 Å². The molecular weight excluding hydrogens is 232 g/mol. The highest BCUT2D eigenvalue weighted by Crippen LogP contribution is 2.37. The van der Waals surface area contributed by atoms with E-state index in [9.17, 15) is 4.79 Å². The Bertz CT molecular complexity index is 531. The number of benzene rings is 1. The molecule has 0 saturated carbocycles. The number of methoxy groups -OCH3 is 1. The SMILES string of the molecule is COc1ccc2c(Cl)c(C(C)=O)sc2c1. The molecule has 4 heteroatoms. The van der Waals surface area contributed by atoms with Gasteiger partial charge in [0.2, 0.25) is 0 Å². The van der Waals surface area contributed by atoms with Gasteiger partial charge in [-0.25, -0.2) is 0 Å². The van der Waals surface area contributed by atoms with Crippen molar-refractivity contribution < 1.29 is 9.53 Å². The summed E-state index contributed by atoms with van der Waals surface area (Å²) >= 11 is 7.50. The minimum absolute atomic E-state index is 0.000154. The summed E-state index contributed by atoms with van der Waals surface area (Å²) in [5.41, 5.74) is 0. The second-order valence-electron chi connectivity index (χ2n) is 3.16. The molecule has 0 radical (unpaired) electrons. The van der Waals surface area contributed by atoms with Crippen molar-refractivity contribution in [1.29, 1.82) is 0 Å². The Morgan fingerprint density at radius 2 is 2.20 bits per heavy atom. The van der Waals surface area contributed by atoms with E-state index in [4.69, 9.17) is 16.3 Å². The Morgan fingerprint density at radius 1 is 1.47 bits per heavy atom. The molecule has 78 valence electrons. The van der Waals surface area contributed by atoms with Gasteiger partial charge in [0.1, 0.15) is 5.75 Å². The summed E-state index contributed by atoms with van der Waals surface area (Å²) in [7, 11) is 1.61. The lowest BCUT2D eigenvalue weighted by Gasteiger charge is -1.97. The van der Waals surface area contributed by atoms with Crippen molar-refractivity contribution in [2.45, 2.75) is 6.92 Å². The summed E-state index contributed by atoms with van der Waals surface area (Å²) in [4.78, 5) is 11.9. The van der Waals surface area contributed by atoms with Crippen LogP contribution in [-0.4, -0.2) is 12.9 Å². The lowest BCUT2D eigenvalue weighted by molar-refractivity contribution is 0.102. The minimum Gasteiger partial charge on any atom is -0.497 e. The van der Waals surface area contributed by atoms with Gasteiger partial charge in [0, 0.05) is 17.0 Å². The molecule has 1 aromatic carbocycles. The van der Waals surface area contributed by atoms with Crippen molar-refractivity contribution in [3.05, 3.63) is 28.1 Å². The molecule has 1 heterocycles. The zero-order valence-electron chi connectivity index (χ0n) is 8.33. The normalized spacial score (nSPS) is 10.6. The number of carbonyl (C=O) groups excluding carboxylic acids is 1. The predicted molar refractivity (Wildman–Crippen MR) is 63.4 cm³/mol. The summed E-state index contributed by atoms with van der Waals surface area (Å²) in [6.07, 6.45) is 0. The summed E-state index contributed by atoms with van der Waals surface area (Å²) in [6.45, 7) is 1.52. The van der Waals surface area contributed by atoms with E-state index in [2.05, 4.69) is 0 Å². The standard InChI is InChI=1S/C11H9ClO2S/c1-6(13)11-10(12)8-4-3-7(14-2)5-9(8)15-11/h3-5H,1-2H3. The van der Waals surface area contributed by atoms with Crippen LogP contribution in [0.5, 0.6) is 5.75 Å². The maximum Gasteiger partial charge on any atom is 0.171 e. The van der Waals surface area contributed by atoms with Gasteiger partial charge in [-0.1, -0.05) is 11.6 Å². The number of thiophene rings is 1. The van der Waals surface area contributed by atoms with Crippen LogP contribution >= 0.6 is 22.9 Å². The topological polar surface area (TPSA) is 26.3 Å². The average molecular weight is 241 g/mol. The van der Waals surface area contributed by atoms with Crippen LogP contribution in [0.4, 0.5) is 0 Å². The molecular formula is C11H9ClO2S. The van der Waals surface area contributed by atoms with Crippen LogP contribution in [0, 0.1) is 0 Å². The lowest BCUT2D eigenvalue weighted by Crippen LogP contribution is -1.85. The maximum absolute atomic E-state index is 11.3. The number of Topliss-reactive ketones (excluding diaryl/α,β-unsaturated/α-hetero) is 1. The number of ether oxygens (including phenoxy) is 1. The molecule has 0 aliphatic rings. The van der Waals surface area contributed by atoms with Crippen LogP contribution in [0.25, 0.3) is 10.1 Å². The van der Waals surface area contributed by atoms with Crippen molar-refractivity contribution in [3.8, 4) is 5.75 Å². The van der Waals surface area contributed by atoms with E-state index in [1.54, 1.807) is 7.11 Å². The number of rotatable bonds is 2. The first kappa shape index (κ1) is 10.5. The molecule has 0 unspecified atom stereocenters. The monoisotopic (exact) mass is 240 g/mol. The first-order valence-corrected chi connectivity index (χ1v) is 5.60. The number of carbonyl (C=O) groups is 1. The highest BCUT2D eigenvalue weighted by molar-refractivity contribution is 7.21. The third-order valence-electron chi connectivity index (χ3n) is 2.16. The first-order chi connectivity index (χ1) is 7.13. The zero-order chi connectivity index (χ0) is 11.0. The molecule has 2 aromatic rings. The quantitative estimate of drug-likeness (QED) is 0.747. The van der Waals surface area contributed by atoms with Gasteiger partial charge >= 0.3 is 0 Å². The summed E-state index contributed by atoms with van der Waals surface area (Å²) in [5, 5.41) is 1.46. The van der Waals surface area contributed by atoms with E-state index in [0.717, 1.165) is 15.8 Å². The smallest absolute Gasteiger partial charge is 0.171 e. The largest absolute Gasteiger partial charge is 0.497 e. The van der Waals surface area contributed by atoms with Gasteiger partial charge in [-0.05, 0) is 18.2 Å². The van der Waals surface area contributed by atoms with Crippen molar-refractivity contribution in [3.63, 3.8) is 0 Å². The van der Waals surface area contributed by atoms with Crippen molar-refractivity contribution in [1.82, 2.24) is 0 Å². The molecule has 0 atom stereocenters. The van der Waals surface area contributed by atoms with Crippen LogP contribution < -0.4 is 4.74 Å². The van der Waals surface area contributed by atoms with Crippen molar-refractivity contribution in [2.75, 3.05) is 7.11 Å². The first-order valence-electron chi connectivity index (χ1n) is 4.40. The van der Waals surface area contributed by atoms with E-state index in [-0.39, 0.29) is 5.78 Å². The molecule has 0 aliphatic heterocycles. The van der Waals surface area contributed by atoms with E-state index in [1.165, 1.54) is 18.3 Å². The number of hydrogen-bond acceptors (Lipinski definition) is 3. The molecule has 0 saturated heterocycles. The summed E-state index contributed by atoms with van der Waals surface area (Å²) < 4.78 is 6.09. The minimum atomic E-state index is 0.000154. The van der Waals surface area contributed by atoms with Crippen LogP contribution in [0.15, 0.2) is 18.2 Å². The number of ketones is 1. The molecule has 2 rings (SSSR count). The average Bonchev–Trinajstić information content (AvgIpc) is 2.55. The van der Waals surface area contributed by atoms with Crippen molar-refractivity contribution >= 4 is 38.8 Å². The molecule has 0 fully saturated rings. The van der Waals surface area contributed by atoms with Crippen LogP contribution in [0.3, 0.4) is 0 Å². The Kier molecular flexibility index (Phi) is 2.67. The number of fused-ring (bicyclic) bond motifs is 1. The van der Waals surface area contributed by atoms with Gasteiger partial charge < -0.3 is 4.74 Å². The van der Waals surface area contributed by atoms with Gasteiger partial charge in [0.15, 0.2) is 5.78 Å². The second kappa shape index (κ2) is 3.83. The van der Waals surface area contributed by atoms with E-state index < -0.39 is 0 Å². The summed E-state index contributed by atoms with van der Waals surface area (Å²) in [6, 6.07) is 5.60. The Hall–Kier alpha value is -1.06.